The van der Waals surface area contributed by atoms with Gasteiger partial charge >= 0.3 is 0 Å². The van der Waals surface area contributed by atoms with E-state index in [4.69, 9.17) is 5.73 Å². The monoisotopic (exact) mass is 536 g/mol. The lowest BCUT2D eigenvalue weighted by Gasteiger charge is -2.19. The molecule has 0 bridgehead atoms. The van der Waals surface area contributed by atoms with Gasteiger partial charge in [-0.2, -0.15) is 0 Å². The number of rotatable bonds is 3. The summed E-state index contributed by atoms with van der Waals surface area (Å²) in [5.74, 6) is -0.535. The Balaban J connectivity index is 1.64. The molecule has 1 aliphatic carbocycles. The number of benzene rings is 3. The molecule has 1 aliphatic rings. The molecule has 0 unspecified atom stereocenters. The van der Waals surface area contributed by atoms with Crippen molar-refractivity contribution in [3.63, 3.8) is 0 Å². The van der Waals surface area contributed by atoms with Crippen LogP contribution in [0.4, 0.5) is 0 Å². The lowest BCUT2D eigenvalue weighted by Crippen LogP contribution is -2.20. The molecule has 36 heavy (non-hydrogen) atoms. The van der Waals surface area contributed by atoms with E-state index in [1.807, 2.05) is 56.3 Å². The number of carbonyl (C=O) groups is 1. The second-order valence-corrected chi connectivity index (χ2v) is 9.92. The van der Waals surface area contributed by atoms with Crippen LogP contribution in [0.1, 0.15) is 32.9 Å². The van der Waals surface area contributed by atoms with Gasteiger partial charge in [0.25, 0.3) is 11.5 Å². The van der Waals surface area contributed by atoms with Crippen LogP contribution in [0.5, 0.6) is 0 Å². The number of para-hydroxylation sites is 1. The highest BCUT2D eigenvalue weighted by molar-refractivity contribution is 9.10. The Morgan fingerprint density at radius 3 is 2.61 bits per heavy atom. The normalized spacial score (nSPS) is 12.0. The second-order valence-electron chi connectivity index (χ2n) is 9.00. The van der Waals surface area contributed by atoms with E-state index in [0.29, 0.717) is 28.7 Å². The van der Waals surface area contributed by atoms with Crippen LogP contribution in [-0.2, 0) is 6.42 Å². The first-order valence-corrected chi connectivity index (χ1v) is 12.3. The lowest BCUT2D eigenvalue weighted by molar-refractivity contribution is 0.0994. The average molecular weight is 537 g/mol. The van der Waals surface area contributed by atoms with Crippen molar-refractivity contribution in [2.24, 2.45) is 5.73 Å². The third kappa shape index (κ3) is 3.31. The highest BCUT2D eigenvalue weighted by Gasteiger charge is 2.30. The number of hydrogen-bond acceptors (Lipinski definition) is 4. The summed E-state index contributed by atoms with van der Waals surface area (Å²) in [7, 11) is 0. The zero-order valence-corrected chi connectivity index (χ0v) is 21.3. The number of hydrogen-bond donors (Lipinski definition) is 1. The smallest absolute Gasteiger partial charge is 0.267 e. The molecule has 0 aliphatic heterocycles. The first kappa shape index (κ1) is 22.4. The van der Waals surface area contributed by atoms with Gasteiger partial charge in [0, 0.05) is 22.2 Å². The van der Waals surface area contributed by atoms with Crippen LogP contribution in [-0.4, -0.2) is 20.4 Å². The van der Waals surface area contributed by atoms with Crippen LogP contribution in [0.25, 0.3) is 38.8 Å². The summed E-state index contributed by atoms with van der Waals surface area (Å²) in [5.41, 5.74) is 14.8. The van der Waals surface area contributed by atoms with Gasteiger partial charge in [0.1, 0.15) is 12.0 Å². The van der Waals surface area contributed by atoms with E-state index in [0.717, 1.165) is 49.1 Å². The van der Waals surface area contributed by atoms with Crippen LogP contribution >= 0.6 is 15.9 Å². The first-order valence-electron chi connectivity index (χ1n) is 11.5. The molecule has 3 aromatic carbocycles. The van der Waals surface area contributed by atoms with Crippen molar-refractivity contribution in [3.8, 4) is 27.9 Å². The van der Waals surface area contributed by atoms with Crippen LogP contribution in [0.2, 0.25) is 0 Å². The number of nitrogens with two attached hydrogens (primary N) is 1. The first-order chi connectivity index (χ1) is 17.3. The largest absolute Gasteiger partial charge is 0.364 e. The van der Waals surface area contributed by atoms with Gasteiger partial charge in [0.2, 0.25) is 0 Å². The number of amides is 1. The van der Waals surface area contributed by atoms with E-state index >= 15 is 0 Å². The molecule has 176 valence electrons. The number of fused-ring (bicyclic) bond motifs is 4. The fourth-order valence-corrected chi connectivity index (χ4v) is 5.69. The third-order valence-corrected chi connectivity index (χ3v) is 7.41. The van der Waals surface area contributed by atoms with Crippen molar-refractivity contribution in [1.29, 1.82) is 0 Å². The summed E-state index contributed by atoms with van der Waals surface area (Å²) in [6, 6.07) is 19.4. The van der Waals surface area contributed by atoms with E-state index in [1.54, 1.807) is 17.0 Å². The average Bonchev–Trinajstić information content (AvgIpc) is 3.23. The Bertz CT molecular complexity index is 1810. The van der Waals surface area contributed by atoms with Crippen LogP contribution < -0.4 is 11.3 Å². The molecule has 6 rings (SSSR count). The van der Waals surface area contributed by atoms with Crippen molar-refractivity contribution in [2.45, 2.75) is 20.3 Å². The molecule has 2 aromatic heterocycles. The Labute approximate surface area is 215 Å². The molecule has 5 aromatic rings. The molecular weight excluding hydrogens is 516 g/mol. The zero-order valence-electron chi connectivity index (χ0n) is 19.7. The summed E-state index contributed by atoms with van der Waals surface area (Å²) in [6.45, 7) is 3.90. The highest BCUT2D eigenvalue weighted by Crippen LogP contribution is 2.46. The van der Waals surface area contributed by atoms with Gasteiger partial charge in [-0.1, -0.05) is 46.3 Å². The number of aromatic nitrogens is 3. The quantitative estimate of drug-likeness (QED) is 0.323. The van der Waals surface area contributed by atoms with Crippen LogP contribution in [0, 0.1) is 13.8 Å². The van der Waals surface area contributed by atoms with Crippen LogP contribution in [0.3, 0.4) is 0 Å². The van der Waals surface area contributed by atoms with Crippen molar-refractivity contribution in [3.05, 3.63) is 110 Å². The van der Waals surface area contributed by atoms with Gasteiger partial charge in [-0.15, -0.1) is 0 Å². The van der Waals surface area contributed by atoms with Gasteiger partial charge in [-0.05, 0) is 77.6 Å². The van der Waals surface area contributed by atoms with E-state index in [9.17, 15) is 9.59 Å². The maximum absolute atomic E-state index is 13.4. The molecule has 1 amide bonds. The molecule has 0 spiro atoms. The zero-order chi connectivity index (χ0) is 25.1. The second kappa shape index (κ2) is 8.24. The minimum atomic E-state index is -0.535. The SMILES string of the molecule is Cc1nc(C(N)=O)c2c(c1-c1cccc(-n3cnc4ccccc4c3=O)c1C)-c1ccc(Br)cc1C2. The Morgan fingerprint density at radius 2 is 1.81 bits per heavy atom. The molecule has 0 radical (unpaired) electrons. The highest BCUT2D eigenvalue weighted by atomic mass is 79.9. The predicted molar refractivity (Wildman–Crippen MR) is 145 cm³/mol. The molecule has 2 heterocycles. The van der Waals surface area contributed by atoms with Gasteiger partial charge < -0.3 is 5.73 Å². The van der Waals surface area contributed by atoms with Crippen molar-refractivity contribution in [1.82, 2.24) is 14.5 Å². The summed E-state index contributed by atoms with van der Waals surface area (Å²) < 4.78 is 2.56. The minimum Gasteiger partial charge on any atom is -0.364 e. The maximum atomic E-state index is 13.4. The number of nitrogens with zero attached hydrogens (tertiary/aromatic N) is 3. The number of aryl methyl sites for hydroxylation is 1. The molecular formula is C29H21BrN4O2. The number of primary amides is 1. The summed E-state index contributed by atoms with van der Waals surface area (Å²) in [4.78, 5) is 34.8. The number of pyridine rings is 1. The molecule has 6 nitrogen and oxygen atoms in total. The standard InChI is InChI=1S/C29H21BrN4O2/c1-15-19(7-5-9-24(15)34-14-32-23-8-4-3-6-21(23)29(34)36)25-16(2)33-27(28(31)35)22-13-17-12-18(30)10-11-20(17)26(22)25/h3-12,14H,13H2,1-2H3,(H2,31,35). The molecule has 7 heteroatoms. The van der Waals surface area contributed by atoms with Crippen LogP contribution in [0.15, 0.2) is 76.3 Å². The summed E-state index contributed by atoms with van der Waals surface area (Å²) in [5, 5.41) is 0.564. The van der Waals surface area contributed by atoms with Gasteiger partial charge in [-0.25, -0.2) is 9.97 Å². The molecule has 2 N–H and O–H groups in total. The number of carbonyl (C=O) groups excluding carboxylic acids is 1. The number of halogens is 1. The van der Waals surface area contributed by atoms with Crippen molar-refractivity contribution < 1.29 is 4.79 Å². The van der Waals surface area contributed by atoms with Crippen molar-refractivity contribution >= 4 is 32.7 Å². The summed E-state index contributed by atoms with van der Waals surface area (Å²) >= 11 is 3.56. The lowest BCUT2D eigenvalue weighted by atomic mass is 9.89. The van der Waals surface area contributed by atoms with E-state index in [-0.39, 0.29) is 5.56 Å². The molecule has 0 saturated carbocycles. The topological polar surface area (TPSA) is 90.9 Å². The Morgan fingerprint density at radius 1 is 1.00 bits per heavy atom. The fraction of sp³-hybridized carbons (Fsp3) is 0.103. The van der Waals surface area contributed by atoms with Crippen molar-refractivity contribution in [2.75, 3.05) is 0 Å². The molecule has 0 atom stereocenters. The van der Waals surface area contributed by atoms with Gasteiger partial charge in [0.05, 0.1) is 16.6 Å². The minimum absolute atomic E-state index is 0.125. The predicted octanol–water partition coefficient (Wildman–Crippen LogP) is 5.50. The van der Waals surface area contributed by atoms with Gasteiger partial charge in [0.15, 0.2) is 0 Å². The maximum Gasteiger partial charge on any atom is 0.267 e. The third-order valence-electron chi connectivity index (χ3n) is 6.92. The fourth-order valence-electron chi connectivity index (χ4n) is 5.28. The van der Waals surface area contributed by atoms with E-state index < -0.39 is 5.91 Å². The molecule has 0 fully saturated rings. The van der Waals surface area contributed by atoms with E-state index in [1.165, 1.54) is 0 Å². The Hall–Kier alpha value is -4.10. The molecule has 0 saturated heterocycles. The van der Waals surface area contributed by atoms with Gasteiger partial charge in [-0.3, -0.25) is 14.2 Å². The Kier molecular flexibility index (Phi) is 5.12. The van der Waals surface area contributed by atoms with E-state index in [2.05, 4.69) is 38.0 Å². The summed E-state index contributed by atoms with van der Waals surface area (Å²) in [6.07, 6.45) is 2.16.